The van der Waals surface area contributed by atoms with Gasteiger partial charge in [0.25, 0.3) is 0 Å². The summed E-state index contributed by atoms with van der Waals surface area (Å²) in [6.45, 7) is 6.48. The summed E-state index contributed by atoms with van der Waals surface area (Å²) in [4.78, 5) is 2.55. The minimum Gasteiger partial charge on any atom is -0.300 e. The molecule has 32 heavy (non-hydrogen) atoms. The molecule has 0 aromatic heterocycles. The summed E-state index contributed by atoms with van der Waals surface area (Å²) in [6, 6.07) is 20.7. The van der Waals surface area contributed by atoms with Gasteiger partial charge in [0, 0.05) is 18.2 Å². The molecule has 1 aliphatic rings. The Bertz CT molecular complexity index is 853. The lowest BCUT2D eigenvalue weighted by Gasteiger charge is -2.40. The van der Waals surface area contributed by atoms with Crippen molar-refractivity contribution >= 4 is 0 Å². The lowest BCUT2D eigenvalue weighted by Crippen LogP contribution is -2.41. The number of hydrogen-bond acceptors (Lipinski definition) is 2. The van der Waals surface area contributed by atoms with Crippen LogP contribution in [0.3, 0.4) is 0 Å². The molecular formula is C29H39FN2. The second-order valence-electron chi connectivity index (χ2n) is 9.36. The van der Waals surface area contributed by atoms with E-state index in [0.29, 0.717) is 11.6 Å². The zero-order valence-electron chi connectivity index (χ0n) is 19.9. The van der Waals surface area contributed by atoms with Gasteiger partial charge in [-0.15, -0.1) is 0 Å². The average molecular weight is 435 g/mol. The van der Waals surface area contributed by atoms with Crippen molar-refractivity contribution in [3.05, 3.63) is 71.5 Å². The molecule has 2 aromatic carbocycles. The Labute approximate surface area is 194 Å². The van der Waals surface area contributed by atoms with E-state index < -0.39 is 5.41 Å². The van der Waals surface area contributed by atoms with Gasteiger partial charge in [0.05, 0.1) is 11.5 Å². The third-order valence-electron chi connectivity index (χ3n) is 7.65. The molecule has 2 nitrogen and oxygen atoms in total. The highest BCUT2D eigenvalue weighted by Gasteiger charge is 2.43. The van der Waals surface area contributed by atoms with Crippen LogP contribution in [0.2, 0.25) is 0 Å². The van der Waals surface area contributed by atoms with Gasteiger partial charge in [0.2, 0.25) is 0 Å². The first-order valence-corrected chi connectivity index (χ1v) is 12.6. The first-order valence-electron chi connectivity index (χ1n) is 12.6. The molecule has 0 N–H and O–H groups in total. The fourth-order valence-corrected chi connectivity index (χ4v) is 5.74. The van der Waals surface area contributed by atoms with Gasteiger partial charge < -0.3 is 4.90 Å². The first kappa shape index (κ1) is 24.5. The monoisotopic (exact) mass is 434 g/mol. The van der Waals surface area contributed by atoms with Gasteiger partial charge in [-0.25, -0.2) is 4.39 Å². The van der Waals surface area contributed by atoms with E-state index in [4.69, 9.17) is 0 Å². The molecule has 1 saturated carbocycles. The predicted molar refractivity (Wildman–Crippen MR) is 131 cm³/mol. The number of nitriles is 1. The molecule has 0 heterocycles. The summed E-state index contributed by atoms with van der Waals surface area (Å²) >= 11 is 0. The van der Waals surface area contributed by atoms with Crippen molar-refractivity contribution in [2.24, 2.45) is 5.92 Å². The van der Waals surface area contributed by atoms with E-state index in [1.165, 1.54) is 18.1 Å². The van der Waals surface area contributed by atoms with Crippen LogP contribution >= 0.6 is 0 Å². The van der Waals surface area contributed by atoms with E-state index in [9.17, 15) is 5.26 Å². The Morgan fingerprint density at radius 2 is 1.72 bits per heavy atom. The summed E-state index contributed by atoms with van der Waals surface area (Å²) in [6.07, 6.45) is 9.34. The van der Waals surface area contributed by atoms with Crippen LogP contribution in [-0.2, 0) is 11.8 Å². The second-order valence-corrected chi connectivity index (χ2v) is 9.36. The Morgan fingerprint density at radius 1 is 1.03 bits per heavy atom. The number of nitrogens with zero attached hydrogens (tertiary/aromatic N) is 2. The van der Waals surface area contributed by atoms with Gasteiger partial charge in [0.15, 0.2) is 0 Å². The zero-order valence-corrected chi connectivity index (χ0v) is 19.9. The molecule has 2 atom stereocenters. The minimum absolute atomic E-state index is 0.218. The van der Waals surface area contributed by atoms with Crippen molar-refractivity contribution in [3.63, 3.8) is 0 Å². The third kappa shape index (κ3) is 5.78. The van der Waals surface area contributed by atoms with E-state index in [-0.39, 0.29) is 11.7 Å². The Hall–Kier alpha value is -2.18. The highest BCUT2D eigenvalue weighted by atomic mass is 19.1. The van der Waals surface area contributed by atoms with Crippen molar-refractivity contribution in [1.82, 2.24) is 4.90 Å². The number of halogens is 1. The van der Waals surface area contributed by atoms with Crippen molar-refractivity contribution in [2.75, 3.05) is 13.1 Å². The van der Waals surface area contributed by atoms with Crippen LogP contribution in [0.15, 0.2) is 54.6 Å². The topological polar surface area (TPSA) is 27.0 Å². The summed E-state index contributed by atoms with van der Waals surface area (Å²) < 4.78 is 15.0. The van der Waals surface area contributed by atoms with E-state index in [1.54, 1.807) is 6.07 Å². The third-order valence-corrected chi connectivity index (χ3v) is 7.65. The minimum atomic E-state index is -0.724. The maximum Gasteiger partial charge on any atom is 0.128 e. The summed E-state index contributed by atoms with van der Waals surface area (Å²) in [5.41, 5.74) is 1.26. The van der Waals surface area contributed by atoms with Crippen LogP contribution in [0.1, 0.15) is 76.3 Å². The normalized spacial score (nSPS) is 17.6. The summed E-state index contributed by atoms with van der Waals surface area (Å²) in [5, 5.41) is 10.5. The fraction of sp³-hybridized carbons (Fsp3) is 0.552. The van der Waals surface area contributed by atoms with Gasteiger partial charge in [-0.05, 0) is 62.6 Å². The molecule has 172 valence electrons. The highest BCUT2D eigenvalue weighted by molar-refractivity contribution is 5.35. The molecule has 1 aliphatic carbocycles. The molecule has 0 radical (unpaired) electrons. The van der Waals surface area contributed by atoms with E-state index in [1.807, 2.05) is 12.1 Å². The van der Waals surface area contributed by atoms with E-state index in [0.717, 1.165) is 64.5 Å². The van der Waals surface area contributed by atoms with Gasteiger partial charge in [0.1, 0.15) is 5.82 Å². The fourth-order valence-electron chi connectivity index (χ4n) is 5.74. The molecule has 1 fully saturated rings. The average Bonchev–Trinajstić information content (AvgIpc) is 2.85. The van der Waals surface area contributed by atoms with Crippen molar-refractivity contribution in [2.45, 2.75) is 83.1 Å². The van der Waals surface area contributed by atoms with Gasteiger partial charge in [-0.3, -0.25) is 0 Å². The van der Waals surface area contributed by atoms with Crippen LogP contribution in [0.25, 0.3) is 0 Å². The molecule has 3 rings (SSSR count). The second kappa shape index (κ2) is 12.2. The van der Waals surface area contributed by atoms with Gasteiger partial charge in [-0.1, -0.05) is 81.6 Å². The number of likely N-dealkylation sites (N-methyl/N-ethyl adjacent to an activating group) is 1. The van der Waals surface area contributed by atoms with Crippen LogP contribution in [0.4, 0.5) is 4.39 Å². The SMILES string of the molecule is CCC(CCC(C#N)(c1ccccc1F)C1CCCCC1)N(CC)CCc1ccccc1. The van der Waals surface area contributed by atoms with Crippen LogP contribution in [-0.4, -0.2) is 24.0 Å². The Kier molecular flexibility index (Phi) is 9.30. The molecule has 0 saturated heterocycles. The van der Waals surface area contributed by atoms with Crippen molar-refractivity contribution < 1.29 is 4.39 Å². The summed E-state index contributed by atoms with van der Waals surface area (Å²) in [5.74, 6) is 0.0270. The lowest BCUT2D eigenvalue weighted by atomic mass is 9.63. The Balaban J connectivity index is 1.78. The molecule has 0 spiro atoms. The van der Waals surface area contributed by atoms with Gasteiger partial charge in [-0.2, -0.15) is 5.26 Å². The number of rotatable bonds is 11. The maximum absolute atomic E-state index is 15.0. The van der Waals surface area contributed by atoms with Crippen molar-refractivity contribution in [3.8, 4) is 6.07 Å². The highest BCUT2D eigenvalue weighted by Crippen LogP contribution is 2.45. The summed E-state index contributed by atoms with van der Waals surface area (Å²) in [7, 11) is 0. The van der Waals surface area contributed by atoms with Gasteiger partial charge >= 0.3 is 0 Å². The molecule has 0 aliphatic heterocycles. The molecule has 0 amide bonds. The van der Waals surface area contributed by atoms with E-state index >= 15 is 4.39 Å². The van der Waals surface area contributed by atoms with Crippen molar-refractivity contribution in [1.29, 1.82) is 5.26 Å². The quantitative estimate of drug-likeness (QED) is 0.371. The zero-order chi connectivity index (χ0) is 22.8. The molecule has 2 unspecified atom stereocenters. The van der Waals surface area contributed by atoms with E-state index in [2.05, 4.69) is 55.1 Å². The first-order chi connectivity index (χ1) is 15.6. The predicted octanol–water partition coefficient (Wildman–Crippen LogP) is 7.29. The molecular weight excluding hydrogens is 395 g/mol. The Morgan fingerprint density at radius 3 is 2.34 bits per heavy atom. The largest absolute Gasteiger partial charge is 0.300 e. The number of hydrogen-bond donors (Lipinski definition) is 0. The molecule has 2 aromatic rings. The molecule has 3 heteroatoms. The number of benzene rings is 2. The standard InChI is InChI=1S/C29H39FN2/c1-3-26(32(4-2)22-20-24-13-7-5-8-14-24)19-21-29(23-31,25-15-9-6-10-16-25)27-17-11-12-18-28(27)30/h5,7-8,11-14,17-18,25-26H,3-4,6,9-10,15-16,19-22H2,1-2H3. The van der Waals surface area contributed by atoms with Crippen LogP contribution < -0.4 is 0 Å². The smallest absolute Gasteiger partial charge is 0.128 e. The van der Waals surface area contributed by atoms with Crippen LogP contribution in [0, 0.1) is 23.1 Å². The lowest BCUT2D eigenvalue weighted by molar-refractivity contribution is 0.164. The van der Waals surface area contributed by atoms with Crippen LogP contribution in [0.5, 0.6) is 0 Å². The molecule has 0 bridgehead atoms. The maximum atomic E-state index is 15.0.